The molecule has 1 heterocycles. The van der Waals surface area contributed by atoms with Gasteiger partial charge in [-0.1, -0.05) is 103 Å². The topological polar surface area (TPSA) is 279 Å². The van der Waals surface area contributed by atoms with Crippen molar-refractivity contribution in [1.29, 1.82) is 0 Å². The largest absolute Gasteiger partial charge is 0.393 e. The number of hydrogen-bond acceptors (Lipinski definition) is 12. The Morgan fingerprint density at radius 1 is 0.471 bits per heavy atom. The second-order valence-corrected chi connectivity index (χ2v) is 27.0. The van der Waals surface area contributed by atoms with Crippen molar-refractivity contribution in [1.82, 2.24) is 55.6 Å². The van der Waals surface area contributed by atoms with Crippen LogP contribution < -0.4 is 21.3 Å². The third-order valence-corrected chi connectivity index (χ3v) is 16.5. The van der Waals surface area contributed by atoms with Gasteiger partial charge in [0.05, 0.1) is 12.6 Å². The van der Waals surface area contributed by atoms with E-state index in [4.69, 9.17) is 0 Å². The summed E-state index contributed by atoms with van der Waals surface area (Å²) in [4.78, 5) is 169. The number of hydrogen-bond donors (Lipinski definition) is 5. The number of nitrogens with one attached hydrogen (secondary N) is 4. The van der Waals surface area contributed by atoms with E-state index in [1.807, 2.05) is 62.3 Å². The SMILES string of the molecule is C=CCCC(O)C[C@@H](C)CC1C(=O)N[C@@H](CC)C(=O)N(C)CC(=O)N(C)[C@@H](CC(C)C)C(=O)NC(C(C)C)C(=O)N(C)[C@@H](CC(C)C)C(=O)N[C@@H](C)C(=O)N[C@H](C)C(=O)N(C)[C@@H](CC(C)C)C(=O)N(C)[C@@H](CC(C)C)C(=O)N(C)C(C(C)C)C(=O)N1C. The maximum Gasteiger partial charge on any atom is 0.246 e. The maximum atomic E-state index is 15.2. The second-order valence-electron chi connectivity index (χ2n) is 27.0. The average Bonchev–Trinajstić information content (AvgIpc) is 1.30. The summed E-state index contributed by atoms with van der Waals surface area (Å²) in [5.41, 5.74) is 0. The Hall–Kier alpha value is -6.13. The van der Waals surface area contributed by atoms with Crippen LogP contribution in [-0.4, -0.2) is 227 Å². The van der Waals surface area contributed by atoms with E-state index in [1.165, 1.54) is 92.6 Å². The third-order valence-electron chi connectivity index (χ3n) is 16.5. The molecule has 498 valence electrons. The lowest BCUT2D eigenvalue weighted by Gasteiger charge is -2.41. The van der Waals surface area contributed by atoms with Crippen LogP contribution in [0.3, 0.4) is 0 Å². The molecule has 0 spiro atoms. The van der Waals surface area contributed by atoms with Crippen molar-refractivity contribution in [3.63, 3.8) is 0 Å². The van der Waals surface area contributed by atoms with Crippen molar-refractivity contribution in [2.24, 2.45) is 41.4 Å². The number of likely N-dealkylation sites (N-methyl/N-ethyl adjacent to an activating group) is 7. The predicted octanol–water partition coefficient (Wildman–Crippen LogP) is 4.05. The minimum atomic E-state index is -1.24. The van der Waals surface area contributed by atoms with Crippen LogP contribution in [0.15, 0.2) is 12.7 Å². The summed E-state index contributed by atoms with van der Waals surface area (Å²) in [6.45, 7) is 31.6. The zero-order chi connectivity index (χ0) is 67.4. The summed E-state index contributed by atoms with van der Waals surface area (Å²) < 4.78 is 0. The first-order valence-electron chi connectivity index (χ1n) is 31.5. The van der Waals surface area contributed by atoms with E-state index in [2.05, 4.69) is 27.8 Å². The first kappa shape index (κ1) is 78.9. The Bertz CT molecular complexity index is 2350. The van der Waals surface area contributed by atoms with Crippen molar-refractivity contribution < 1.29 is 57.8 Å². The van der Waals surface area contributed by atoms with Gasteiger partial charge < -0.3 is 60.7 Å². The molecular formula is C64H115N11O12. The fraction of sp³-hybridized carbons (Fsp3) is 0.797. The zero-order valence-corrected chi connectivity index (χ0v) is 57.3. The number of amides is 11. The van der Waals surface area contributed by atoms with E-state index in [1.54, 1.807) is 40.7 Å². The molecule has 23 heteroatoms. The van der Waals surface area contributed by atoms with Gasteiger partial charge in [0.1, 0.15) is 60.4 Å². The van der Waals surface area contributed by atoms with Gasteiger partial charge in [-0.25, -0.2) is 0 Å². The van der Waals surface area contributed by atoms with Gasteiger partial charge in [-0.2, -0.15) is 0 Å². The normalized spacial score (nSPS) is 26.4. The van der Waals surface area contributed by atoms with Crippen molar-refractivity contribution in [3.05, 3.63) is 12.7 Å². The molecule has 1 rings (SSSR count). The number of aliphatic hydroxyl groups is 1. The molecule has 23 nitrogen and oxygen atoms in total. The van der Waals surface area contributed by atoms with Crippen LogP contribution in [0.25, 0.3) is 0 Å². The van der Waals surface area contributed by atoms with Gasteiger partial charge in [0, 0.05) is 49.3 Å². The van der Waals surface area contributed by atoms with Crippen LogP contribution in [0, 0.1) is 41.4 Å². The summed E-state index contributed by atoms with van der Waals surface area (Å²) in [6, 6.07) is -11.8. The Morgan fingerprint density at radius 2 is 0.874 bits per heavy atom. The summed E-state index contributed by atoms with van der Waals surface area (Å²) in [5, 5.41) is 22.1. The molecule has 0 aromatic rings. The number of allylic oxidation sites excluding steroid dienone is 1. The quantitative estimate of drug-likeness (QED) is 0.122. The Morgan fingerprint density at radius 3 is 1.33 bits per heavy atom. The number of nitrogens with zero attached hydrogens (tertiary/aromatic N) is 7. The number of carbonyl (C=O) groups excluding carboxylic acids is 11. The lowest BCUT2D eigenvalue weighted by molar-refractivity contribution is -0.156. The van der Waals surface area contributed by atoms with Gasteiger partial charge in [0.15, 0.2) is 0 Å². The lowest BCUT2D eigenvalue weighted by Crippen LogP contribution is -2.61. The molecule has 1 aliphatic rings. The smallest absolute Gasteiger partial charge is 0.246 e. The molecule has 0 radical (unpaired) electrons. The first-order valence-corrected chi connectivity index (χ1v) is 31.5. The lowest BCUT2D eigenvalue weighted by atomic mass is 9.91. The molecule has 4 unspecified atom stereocenters. The van der Waals surface area contributed by atoms with E-state index >= 15 is 9.59 Å². The highest BCUT2D eigenvalue weighted by molar-refractivity contribution is 5.99. The fourth-order valence-corrected chi connectivity index (χ4v) is 11.2. The van der Waals surface area contributed by atoms with Crippen LogP contribution in [0.1, 0.15) is 169 Å². The van der Waals surface area contributed by atoms with E-state index < -0.39 is 150 Å². The minimum Gasteiger partial charge on any atom is -0.393 e. The van der Waals surface area contributed by atoms with Crippen molar-refractivity contribution >= 4 is 65.0 Å². The van der Waals surface area contributed by atoms with Gasteiger partial charge in [-0.15, -0.1) is 6.58 Å². The van der Waals surface area contributed by atoms with Crippen molar-refractivity contribution in [2.45, 2.75) is 235 Å². The summed E-state index contributed by atoms with van der Waals surface area (Å²) >= 11 is 0. The van der Waals surface area contributed by atoms with Gasteiger partial charge in [0.2, 0.25) is 65.0 Å². The highest BCUT2D eigenvalue weighted by Crippen LogP contribution is 2.26. The molecule has 87 heavy (non-hydrogen) atoms. The zero-order valence-electron chi connectivity index (χ0n) is 57.3. The molecule has 11 amide bonds. The van der Waals surface area contributed by atoms with Crippen LogP contribution >= 0.6 is 0 Å². The predicted molar refractivity (Wildman–Crippen MR) is 338 cm³/mol. The molecule has 1 saturated heterocycles. The Labute approximate surface area is 521 Å². The van der Waals surface area contributed by atoms with E-state index in [0.717, 1.165) is 4.90 Å². The molecule has 1 fully saturated rings. The maximum absolute atomic E-state index is 15.2. The van der Waals surface area contributed by atoms with Crippen molar-refractivity contribution in [3.8, 4) is 0 Å². The van der Waals surface area contributed by atoms with Gasteiger partial charge in [0.25, 0.3) is 0 Å². The van der Waals surface area contributed by atoms with Crippen LogP contribution in [-0.2, 0) is 52.7 Å². The molecule has 0 aromatic carbocycles. The van der Waals surface area contributed by atoms with Gasteiger partial charge in [-0.3, -0.25) is 52.7 Å². The van der Waals surface area contributed by atoms with Crippen molar-refractivity contribution in [2.75, 3.05) is 55.9 Å². The molecular weight excluding hydrogens is 1110 g/mol. The average molecular weight is 1230 g/mol. The Kier molecular flexibility index (Phi) is 33.0. The minimum absolute atomic E-state index is 0.0376. The molecule has 0 bridgehead atoms. The first-order chi connectivity index (χ1) is 40.2. The number of rotatable bonds is 18. The summed E-state index contributed by atoms with van der Waals surface area (Å²) in [7, 11) is 10.1. The fourth-order valence-electron chi connectivity index (χ4n) is 11.2. The van der Waals surface area contributed by atoms with E-state index in [9.17, 15) is 48.3 Å². The van der Waals surface area contributed by atoms with Crippen LogP contribution in [0.4, 0.5) is 0 Å². The number of carbonyl (C=O) groups is 11. The highest BCUT2D eigenvalue weighted by atomic mass is 16.3. The van der Waals surface area contributed by atoms with Crippen LogP contribution in [0.2, 0.25) is 0 Å². The van der Waals surface area contributed by atoms with E-state index in [-0.39, 0.29) is 74.5 Å². The summed E-state index contributed by atoms with van der Waals surface area (Å²) in [5.74, 6) is -8.93. The molecule has 0 aromatic heterocycles. The second kappa shape index (κ2) is 36.4. The highest BCUT2D eigenvalue weighted by Gasteiger charge is 2.44. The molecule has 12 atom stereocenters. The molecule has 0 saturated carbocycles. The standard InChI is InChI=1S/C64H115N11O12/c1-25-27-28-45(76)33-42(15)34-49-57(80)67-46(26-2)60(83)69(18)35-52(77)70(19)47(29-36(3)4)58(81)68-53(40(11)12)63(86)71(20)48(30-37(5)6)56(79)65-43(16)55(78)66-44(17)59(82)73(22)50(31-38(7)8)61(84)74(23)51(32-39(9)10)62(85)75(24)54(41(13)14)64(87)72(49)21/h25,36-51,53-54,76H,1,26-35H2,2-24H3,(H,65,79)(H,66,78)(H,67,80)(H,68,81)/t42-,43+,44-,45?,46+,47+,48+,49?,50+,51+,53?,54?/m1/s1. The van der Waals surface area contributed by atoms with Gasteiger partial charge >= 0.3 is 0 Å². The summed E-state index contributed by atoms with van der Waals surface area (Å²) in [6.07, 6.45) is 2.94. The monoisotopic (exact) mass is 1230 g/mol. The van der Waals surface area contributed by atoms with Gasteiger partial charge in [-0.05, 0) is 113 Å². The molecule has 1 aliphatic heterocycles. The third kappa shape index (κ3) is 23.4. The van der Waals surface area contributed by atoms with E-state index in [0.29, 0.717) is 12.8 Å². The molecule has 5 N–H and O–H groups in total. The number of aliphatic hydroxyl groups excluding tert-OH is 1. The molecule has 0 aliphatic carbocycles. The van der Waals surface area contributed by atoms with Crippen LogP contribution in [0.5, 0.6) is 0 Å². The Balaban J connectivity index is 4.31.